The molecule has 1 fully saturated rings. The van der Waals surface area contributed by atoms with Crippen LogP contribution in [0.25, 0.3) is 0 Å². The molecule has 0 heterocycles. The summed E-state index contributed by atoms with van der Waals surface area (Å²) >= 11 is 0. The zero-order valence-electron chi connectivity index (χ0n) is 13.5. The Hall–Kier alpha value is -1.09. The molecule has 1 aromatic rings. The Kier molecular flexibility index (Phi) is 6.04. The summed E-state index contributed by atoms with van der Waals surface area (Å²) < 4.78 is 19.4. The van der Waals surface area contributed by atoms with Crippen LogP contribution in [0.1, 0.15) is 44.6 Å². The predicted molar refractivity (Wildman–Crippen MR) is 85.2 cm³/mol. The van der Waals surface area contributed by atoms with Gasteiger partial charge in [0.15, 0.2) is 11.6 Å². The SMILES string of the molecule is CCC1CCCC(C(Cc2cccc(OC)c2F)NC)C1. The van der Waals surface area contributed by atoms with E-state index < -0.39 is 0 Å². The lowest BCUT2D eigenvalue weighted by Crippen LogP contribution is -2.38. The molecule has 0 spiro atoms. The van der Waals surface area contributed by atoms with Crippen molar-refractivity contribution in [1.29, 1.82) is 0 Å². The molecule has 0 saturated heterocycles. The average molecular weight is 293 g/mol. The van der Waals surface area contributed by atoms with Crippen molar-refractivity contribution in [2.45, 2.75) is 51.5 Å². The van der Waals surface area contributed by atoms with Crippen LogP contribution in [0.2, 0.25) is 0 Å². The van der Waals surface area contributed by atoms with Crippen molar-refractivity contribution in [3.63, 3.8) is 0 Å². The summed E-state index contributed by atoms with van der Waals surface area (Å²) in [6.45, 7) is 2.28. The molecule has 2 rings (SSSR count). The van der Waals surface area contributed by atoms with Crippen LogP contribution in [-0.4, -0.2) is 20.2 Å². The van der Waals surface area contributed by atoms with Gasteiger partial charge in [-0.2, -0.15) is 0 Å². The normalized spacial score (nSPS) is 23.8. The lowest BCUT2D eigenvalue weighted by atomic mass is 9.75. The molecule has 3 unspecified atom stereocenters. The fourth-order valence-corrected chi connectivity index (χ4v) is 3.68. The molecule has 0 radical (unpaired) electrons. The lowest BCUT2D eigenvalue weighted by Gasteiger charge is -2.34. The number of nitrogens with one attached hydrogen (secondary N) is 1. The number of ether oxygens (including phenoxy) is 1. The van der Waals surface area contributed by atoms with Crippen LogP contribution in [0.4, 0.5) is 4.39 Å². The predicted octanol–water partition coefficient (Wildman–Crippen LogP) is 4.18. The third-order valence-corrected chi connectivity index (χ3v) is 5.04. The van der Waals surface area contributed by atoms with Gasteiger partial charge in [-0.3, -0.25) is 0 Å². The van der Waals surface area contributed by atoms with Crippen molar-refractivity contribution in [3.05, 3.63) is 29.6 Å². The van der Waals surface area contributed by atoms with Crippen molar-refractivity contribution >= 4 is 0 Å². The summed E-state index contributed by atoms with van der Waals surface area (Å²) in [5.41, 5.74) is 0.757. The monoisotopic (exact) mass is 293 g/mol. The third kappa shape index (κ3) is 3.97. The Labute approximate surface area is 128 Å². The Bertz CT molecular complexity index is 449. The fraction of sp³-hybridized carbons (Fsp3) is 0.667. The third-order valence-electron chi connectivity index (χ3n) is 5.04. The van der Waals surface area contributed by atoms with Crippen LogP contribution in [0.15, 0.2) is 18.2 Å². The van der Waals surface area contributed by atoms with Gasteiger partial charge >= 0.3 is 0 Å². The highest BCUT2D eigenvalue weighted by Gasteiger charge is 2.27. The number of likely N-dealkylation sites (N-methyl/N-ethyl adjacent to an activating group) is 1. The van der Waals surface area contributed by atoms with Gasteiger partial charge in [0.05, 0.1) is 7.11 Å². The number of methoxy groups -OCH3 is 1. The van der Waals surface area contributed by atoms with Crippen molar-refractivity contribution in [2.75, 3.05) is 14.2 Å². The molecule has 3 heteroatoms. The van der Waals surface area contributed by atoms with E-state index in [4.69, 9.17) is 4.74 Å². The Morgan fingerprint density at radius 1 is 1.38 bits per heavy atom. The van der Waals surface area contributed by atoms with E-state index in [2.05, 4.69) is 12.2 Å². The van der Waals surface area contributed by atoms with Gasteiger partial charge in [0.2, 0.25) is 0 Å². The molecule has 0 amide bonds. The van der Waals surface area contributed by atoms with E-state index in [1.54, 1.807) is 6.07 Å². The maximum absolute atomic E-state index is 14.3. The highest BCUT2D eigenvalue weighted by molar-refractivity contribution is 5.31. The second kappa shape index (κ2) is 7.79. The van der Waals surface area contributed by atoms with Crippen LogP contribution in [0, 0.1) is 17.7 Å². The zero-order valence-corrected chi connectivity index (χ0v) is 13.5. The average Bonchev–Trinajstić information content (AvgIpc) is 2.54. The van der Waals surface area contributed by atoms with Gasteiger partial charge in [0.1, 0.15) is 0 Å². The van der Waals surface area contributed by atoms with Crippen LogP contribution >= 0.6 is 0 Å². The highest BCUT2D eigenvalue weighted by atomic mass is 19.1. The zero-order chi connectivity index (χ0) is 15.2. The van der Waals surface area contributed by atoms with Gasteiger partial charge in [-0.05, 0) is 49.8 Å². The molecule has 0 aliphatic heterocycles. The van der Waals surface area contributed by atoms with Crippen LogP contribution in [-0.2, 0) is 6.42 Å². The molecule has 118 valence electrons. The molecule has 1 aliphatic carbocycles. The molecular formula is C18H28FNO. The molecule has 0 aromatic heterocycles. The highest BCUT2D eigenvalue weighted by Crippen LogP contribution is 2.34. The number of rotatable bonds is 6. The Morgan fingerprint density at radius 3 is 2.86 bits per heavy atom. The van der Waals surface area contributed by atoms with E-state index in [-0.39, 0.29) is 5.82 Å². The molecule has 1 N–H and O–H groups in total. The van der Waals surface area contributed by atoms with Crippen molar-refractivity contribution in [2.24, 2.45) is 11.8 Å². The summed E-state index contributed by atoms with van der Waals surface area (Å²) in [4.78, 5) is 0. The van der Waals surface area contributed by atoms with Gasteiger partial charge in [0.25, 0.3) is 0 Å². The minimum Gasteiger partial charge on any atom is -0.494 e. The second-order valence-corrected chi connectivity index (χ2v) is 6.23. The second-order valence-electron chi connectivity index (χ2n) is 6.23. The smallest absolute Gasteiger partial charge is 0.168 e. The number of benzene rings is 1. The van der Waals surface area contributed by atoms with Crippen LogP contribution in [0.3, 0.4) is 0 Å². The molecule has 21 heavy (non-hydrogen) atoms. The van der Waals surface area contributed by atoms with E-state index in [0.717, 1.165) is 17.9 Å². The minimum atomic E-state index is -0.205. The van der Waals surface area contributed by atoms with Crippen molar-refractivity contribution < 1.29 is 9.13 Å². The van der Waals surface area contributed by atoms with Gasteiger partial charge in [-0.25, -0.2) is 4.39 Å². The summed E-state index contributed by atoms with van der Waals surface area (Å²) in [6, 6.07) is 5.78. The Morgan fingerprint density at radius 2 is 2.19 bits per heavy atom. The van der Waals surface area contributed by atoms with Gasteiger partial charge in [-0.1, -0.05) is 38.3 Å². The molecule has 1 aliphatic rings. The molecular weight excluding hydrogens is 265 g/mol. The van der Waals surface area contributed by atoms with E-state index >= 15 is 0 Å². The molecule has 1 aromatic carbocycles. The first-order valence-electron chi connectivity index (χ1n) is 8.18. The molecule has 0 bridgehead atoms. The molecule has 2 nitrogen and oxygen atoms in total. The van der Waals surface area contributed by atoms with Gasteiger partial charge in [-0.15, -0.1) is 0 Å². The van der Waals surface area contributed by atoms with E-state index in [9.17, 15) is 4.39 Å². The van der Waals surface area contributed by atoms with Crippen molar-refractivity contribution in [1.82, 2.24) is 5.32 Å². The fourth-order valence-electron chi connectivity index (χ4n) is 3.68. The maximum Gasteiger partial charge on any atom is 0.168 e. The summed E-state index contributed by atoms with van der Waals surface area (Å²) in [5, 5.41) is 3.42. The maximum atomic E-state index is 14.3. The van der Waals surface area contributed by atoms with Gasteiger partial charge < -0.3 is 10.1 Å². The quantitative estimate of drug-likeness (QED) is 0.849. The minimum absolute atomic E-state index is 0.205. The Balaban J connectivity index is 2.08. The number of halogens is 1. The topological polar surface area (TPSA) is 21.3 Å². The first-order valence-corrected chi connectivity index (χ1v) is 8.18. The van der Waals surface area contributed by atoms with E-state index in [0.29, 0.717) is 17.7 Å². The first kappa shape index (κ1) is 16.3. The van der Waals surface area contributed by atoms with Crippen LogP contribution in [0.5, 0.6) is 5.75 Å². The van der Waals surface area contributed by atoms with Crippen molar-refractivity contribution in [3.8, 4) is 5.75 Å². The summed E-state index contributed by atoms with van der Waals surface area (Å²) in [6.07, 6.45) is 7.20. The summed E-state index contributed by atoms with van der Waals surface area (Å²) in [5.74, 6) is 1.63. The standard InChI is InChI=1S/C18H28FNO/c1-4-13-7-5-8-14(11-13)16(20-2)12-15-9-6-10-17(21-3)18(15)19/h6,9-10,13-14,16,20H,4-5,7-8,11-12H2,1-3H3. The number of hydrogen-bond donors (Lipinski definition) is 1. The summed E-state index contributed by atoms with van der Waals surface area (Å²) in [7, 11) is 3.52. The lowest BCUT2D eigenvalue weighted by molar-refractivity contribution is 0.212. The molecule has 1 saturated carbocycles. The van der Waals surface area contributed by atoms with E-state index in [1.807, 2.05) is 19.2 Å². The van der Waals surface area contributed by atoms with E-state index in [1.165, 1.54) is 39.2 Å². The van der Waals surface area contributed by atoms with Gasteiger partial charge in [0, 0.05) is 6.04 Å². The number of hydrogen-bond acceptors (Lipinski definition) is 2. The first-order chi connectivity index (χ1) is 10.2. The largest absolute Gasteiger partial charge is 0.494 e. The van der Waals surface area contributed by atoms with Crippen LogP contribution < -0.4 is 10.1 Å². The molecule has 3 atom stereocenters.